The predicted molar refractivity (Wildman–Crippen MR) is 73.1 cm³/mol. The van der Waals surface area contributed by atoms with E-state index in [4.69, 9.17) is 5.73 Å². The van der Waals surface area contributed by atoms with Crippen molar-refractivity contribution in [1.82, 2.24) is 14.8 Å². The summed E-state index contributed by atoms with van der Waals surface area (Å²) in [4.78, 5) is 4.32. The summed E-state index contributed by atoms with van der Waals surface area (Å²) in [7, 11) is 1.84. The van der Waals surface area contributed by atoms with Crippen molar-refractivity contribution in [3.8, 4) is 11.1 Å². The fraction of sp³-hybridized carbons (Fsp3) is 0.143. The van der Waals surface area contributed by atoms with Gasteiger partial charge < -0.3 is 5.73 Å². The normalized spacial score (nSPS) is 11.0. The number of rotatable bonds is 1. The Morgan fingerprint density at radius 1 is 1.11 bits per heavy atom. The highest BCUT2D eigenvalue weighted by atomic mass is 15.3. The Kier molecular flexibility index (Phi) is 2.30. The molecule has 18 heavy (non-hydrogen) atoms. The van der Waals surface area contributed by atoms with E-state index in [1.54, 1.807) is 10.9 Å². The van der Waals surface area contributed by atoms with E-state index in [1.165, 1.54) is 5.39 Å². The van der Waals surface area contributed by atoms with Gasteiger partial charge in [0.1, 0.15) is 5.82 Å². The summed E-state index contributed by atoms with van der Waals surface area (Å²) in [5.74, 6) is 0.675. The van der Waals surface area contributed by atoms with E-state index >= 15 is 0 Å². The standard InChI is InChI=1S/C14H14N4/c1-9-5-10-3-4-11(6-12(10)7-16-9)13-8-17-18(2)14(13)15/h3-8H,15H2,1-2H3. The van der Waals surface area contributed by atoms with Gasteiger partial charge in [0.15, 0.2) is 0 Å². The lowest BCUT2D eigenvalue weighted by atomic mass is 10.0. The fourth-order valence-electron chi connectivity index (χ4n) is 2.09. The Bertz CT molecular complexity index is 728. The van der Waals surface area contributed by atoms with E-state index in [-0.39, 0.29) is 0 Å². The molecule has 0 spiro atoms. The molecular weight excluding hydrogens is 224 g/mol. The molecule has 1 aromatic carbocycles. The highest BCUT2D eigenvalue weighted by molar-refractivity contribution is 5.88. The number of hydrogen-bond acceptors (Lipinski definition) is 3. The zero-order valence-corrected chi connectivity index (χ0v) is 10.4. The molecule has 0 aliphatic rings. The molecule has 0 amide bonds. The van der Waals surface area contributed by atoms with Crippen molar-refractivity contribution in [3.05, 3.63) is 42.4 Å². The second-order valence-corrected chi connectivity index (χ2v) is 4.45. The highest BCUT2D eigenvalue weighted by Crippen LogP contribution is 2.28. The summed E-state index contributed by atoms with van der Waals surface area (Å²) in [6.45, 7) is 1.99. The molecule has 2 N–H and O–H groups in total. The molecule has 2 aromatic heterocycles. The van der Waals surface area contributed by atoms with Crippen LogP contribution in [0.3, 0.4) is 0 Å². The minimum Gasteiger partial charge on any atom is -0.383 e. The van der Waals surface area contributed by atoms with Crippen LogP contribution in [0.5, 0.6) is 0 Å². The molecule has 3 aromatic rings. The zero-order valence-electron chi connectivity index (χ0n) is 10.4. The summed E-state index contributed by atoms with van der Waals surface area (Å²) in [6, 6.07) is 8.32. The third-order valence-corrected chi connectivity index (χ3v) is 3.15. The molecule has 3 rings (SSSR count). The molecular formula is C14H14N4. The van der Waals surface area contributed by atoms with Gasteiger partial charge in [0.05, 0.1) is 6.20 Å². The van der Waals surface area contributed by atoms with Crippen molar-refractivity contribution in [2.45, 2.75) is 6.92 Å². The van der Waals surface area contributed by atoms with Crippen LogP contribution in [-0.2, 0) is 7.05 Å². The molecule has 0 aliphatic heterocycles. The van der Waals surface area contributed by atoms with Crippen molar-refractivity contribution in [2.75, 3.05) is 5.73 Å². The lowest BCUT2D eigenvalue weighted by Gasteiger charge is -2.04. The van der Waals surface area contributed by atoms with Crippen molar-refractivity contribution < 1.29 is 0 Å². The molecule has 0 fully saturated rings. The second-order valence-electron chi connectivity index (χ2n) is 4.45. The number of fused-ring (bicyclic) bond motifs is 1. The summed E-state index contributed by atoms with van der Waals surface area (Å²) in [5.41, 5.74) is 9.04. The van der Waals surface area contributed by atoms with Gasteiger partial charge in [0.25, 0.3) is 0 Å². The van der Waals surface area contributed by atoms with Crippen LogP contribution in [0.2, 0.25) is 0 Å². The van der Waals surface area contributed by atoms with E-state index in [9.17, 15) is 0 Å². The van der Waals surface area contributed by atoms with Gasteiger partial charge in [-0.2, -0.15) is 5.10 Å². The van der Waals surface area contributed by atoms with Crippen molar-refractivity contribution in [1.29, 1.82) is 0 Å². The van der Waals surface area contributed by atoms with Gasteiger partial charge in [0, 0.05) is 29.9 Å². The molecule has 0 bridgehead atoms. The van der Waals surface area contributed by atoms with Crippen LogP contribution in [0.1, 0.15) is 5.69 Å². The molecule has 4 heteroatoms. The van der Waals surface area contributed by atoms with Gasteiger partial charge in [-0.3, -0.25) is 9.67 Å². The average Bonchev–Trinajstić information content (AvgIpc) is 2.69. The van der Waals surface area contributed by atoms with Gasteiger partial charge in [-0.15, -0.1) is 0 Å². The number of anilines is 1. The van der Waals surface area contributed by atoms with E-state index in [0.717, 1.165) is 22.2 Å². The SMILES string of the molecule is Cc1cc2ccc(-c3cnn(C)c3N)cc2cn1. The highest BCUT2D eigenvalue weighted by Gasteiger charge is 2.07. The van der Waals surface area contributed by atoms with Crippen LogP contribution in [-0.4, -0.2) is 14.8 Å². The first kappa shape index (κ1) is 10.8. The van der Waals surface area contributed by atoms with Gasteiger partial charge in [-0.25, -0.2) is 0 Å². The number of nitrogens with two attached hydrogens (primary N) is 1. The van der Waals surface area contributed by atoms with Crippen molar-refractivity contribution in [3.63, 3.8) is 0 Å². The molecule has 0 radical (unpaired) electrons. The fourth-order valence-corrected chi connectivity index (χ4v) is 2.09. The Hall–Kier alpha value is -2.36. The Labute approximate surface area is 105 Å². The van der Waals surface area contributed by atoms with Crippen LogP contribution >= 0.6 is 0 Å². The molecule has 4 nitrogen and oxygen atoms in total. The largest absolute Gasteiger partial charge is 0.383 e. The number of nitrogen functional groups attached to an aromatic ring is 1. The van der Waals surface area contributed by atoms with Crippen molar-refractivity contribution in [2.24, 2.45) is 7.05 Å². The number of aromatic nitrogens is 3. The molecule has 2 heterocycles. The minimum atomic E-state index is 0.675. The molecule has 0 atom stereocenters. The van der Waals surface area contributed by atoms with Gasteiger partial charge in [-0.05, 0) is 30.0 Å². The van der Waals surface area contributed by atoms with E-state index in [1.807, 2.05) is 20.2 Å². The van der Waals surface area contributed by atoms with Crippen LogP contribution < -0.4 is 5.73 Å². The maximum absolute atomic E-state index is 5.99. The third-order valence-electron chi connectivity index (χ3n) is 3.15. The van der Waals surface area contributed by atoms with Crippen molar-refractivity contribution >= 4 is 16.6 Å². The first-order chi connectivity index (χ1) is 8.65. The molecule has 0 unspecified atom stereocenters. The molecule has 0 aliphatic carbocycles. The number of benzene rings is 1. The van der Waals surface area contributed by atoms with Crippen LogP contribution in [0, 0.1) is 6.92 Å². The summed E-state index contributed by atoms with van der Waals surface area (Å²) in [5, 5.41) is 6.46. The van der Waals surface area contributed by atoms with E-state index < -0.39 is 0 Å². The zero-order chi connectivity index (χ0) is 12.7. The van der Waals surface area contributed by atoms with Gasteiger partial charge >= 0.3 is 0 Å². The number of aryl methyl sites for hydroxylation is 2. The smallest absolute Gasteiger partial charge is 0.129 e. The summed E-state index contributed by atoms with van der Waals surface area (Å²) in [6.07, 6.45) is 3.68. The topological polar surface area (TPSA) is 56.7 Å². The van der Waals surface area contributed by atoms with E-state index in [2.05, 4.69) is 34.3 Å². The lowest BCUT2D eigenvalue weighted by Crippen LogP contribution is -1.98. The summed E-state index contributed by atoms with van der Waals surface area (Å²) >= 11 is 0. The van der Waals surface area contributed by atoms with Gasteiger partial charge in [0.2, 0.25) is 0 Å². The lowest BCUT2D eigenvalue weighted by molar-refractivity contribution is 0.779. The quantitative estimate of drug-likeness (QED) is 0.708. The number of pyridine rings is 1. The maximum Gasteiger partial charge on any atom is 0.129 e. The Morgan fingerprint density at radius 3 is 2.67 bits per heavy atom. The monoisotopic (exact) mass is 238 g/mol. The molecule has 0 saturated carbocycles. The second kappa shape index (κ2) is 3.84. The van der Waals surface area contributed by atoms with E-state index in [0.29, 0.717) is 5.82 Å². The van der Waals surface area contributed by atoms with Crippen LogP contribution in [0.4, 0.5) is 5.82 Å². The Morgan fingerprint density at radius 2 is 1.94 bits per heavy atom. The predicted octanol–water partition coefficient (Wildman–Crippen LogP) is 2.53. The molecule has 90 valence electrons. The first-order valence-corrected chi connectivity index (χ1v) is 5.79. The Balaban J connectivity index is 2.19. The number of hydrogen-bond donors (Lipinski definition) is 1. The first-order valence-electron chi connectivity index (χ1n) is 5.79. The molecule has 0 saturated heterocycles. The summed E-state index contributed by atoms with van der Waals surface area (Å²) < 4.78 is 1.67. The average molecular weight is 238 g/mol. The van der Waals surface area contributed by atoms with Crippen LogP contribution in [0.25, 0.3) is 21.9 Å². The maximum atomic E-state index is 5.99. The third kappa shape index (κ3) is 1.62. The van der Waals surface area contributed by atoms with Gasteiger partial charge in [-0.1, -0.05) is 12.1 Å². The number of nitrogens with zero attached hydrogens (tertiary/aromatic N) is 3. The minimum absolute atomic E-state index is 0.675. The van der Waals surface area contributed by atoms with Crippen LogP contribution in [0.15, 0.2) is 36.7 Å².